The van der Waals surface area contributed by atoms with E-state index in [2.05, 4.69) is 5.32 Å². The first kappa shape index (κ1) is 13.7. The number of hydrogen-bond donors (Lipinski definition) is 2. The van der Waals surface area contributed by atoms with Crippen LogP contribution in [0.1, 0.15) is 19.3 Å². The maximum Gasteiger partial charge on any atom is 0.306 e. The fourth-order valence-corrected chi connectivity index (χ4v) is 2.78. The molecule has 6 nitrogen and oxygen atoms in total. The lowest BCUT2D eigenvalue weighted by Crippen LogP contribution is -2.47. The van der Waals surface area contributed by atoms with Crippen LogP contribution in [0, 0.1) is 5.92 Å². The van der Waals surface area contributed by atoms with E-state index in [1.807, 2.05) is 12.1 Å². The molecule has 0 spiro atoms. The molecule has 2 aliphatic rings. The van der Waals surface area contributed by atoms with Gasteiger partial charge in [-0.25, -0.2) is 0 Å². The molecule has 1 aliphatic carbocycles. The number of nitrogens with one attached hydrogen (secondary N) is 1. The first-order valence-corrected chi connectivity index (χ1v) is 7.05. The molecule has 1 saturated carbocycles. The van der Waals surface area contributed by atoms with Gasteiger partial charge in [0.05, 0.1) is 5.92 Å². The van der Waals surface area contributed by atoms with Gasteiger partial charge in [-0.3, -0.25) is 9.59 Å². The first-order valence-electron chi connectivity index (χ1n) is 7.05. The number of carboxylic acid groups (broad SMARTS) is 1. The Kier molecular flexibility index (Phi) is 3.68. The number of carbonyl (C=O) groups is 2. The number of carbonyl (C=O) groups excluding carboxylic acids is 1. The van der Waals surface area contributed by atoms with Gasteiger partial charge < -0.3 is 19.9 Å². The molecule has 6 heteroatoms. The van der Waals surface area contributed by atoms with E-state index in [-0.39, 0.29) is 24.5 Å². The molecule has 0 saturated heterocycles. The van der Waals surface area contributed by atoms with Gasteiger partial charge in [0.2, 0.25) is 6.10 Å². The summed E-state index contributed by atoms with van der Waals surface area (Å²) in [6, 6.07) is 7.10. The third-order valence-electron chi connectivity index (χ3n) is 3.93. The van der Waals surface area contributed by atoms with Crippen molar-refractivity contribution in [1.29, 1.82) is 0 Å². The molecule has 1 aromatic carbocycles. The highest BCUT2D eigenvalue weighted by Crippen LogP contribution is 2.31. The maximum absolute atomic E-state index is 12.2. The third-order valence-corrected chi connectivity index (χ3v) is 3.93. The summed E-state index contributed by atoms with van der Waals surface area (Å²) in [5.41, 5.74) is 0. The molecule has 112 valence electrons. The van der Waals surface area contributed by atoms with Crippen molar-refractivity contribution in [3.8, 4) is 11.5 Å². The van der Waals surface area contributed by atoms with E-state index in [1.165, 1.54) is 0 Å². The third kappa shape index (κ3) is 2.94. The molecule has 21 heavy (non-hydrogen) atoms. The Hall–Kier alpha value is -2.24. The van der Waals surface area contributed by atoms with Gasteiger partial charge in [-0.1, -0.05) is 12.1 Å². The first-order chi connectivity index (χ1) is 10.1. The minimum Gasteiger partial charge on any atom is -0.485 e. The molecule has 1 aromatic rings. The van der Waals surface area contributed by atoms with Crippen LogP contribution in [0.5, 0.6) is 11.5 Å². The fourth-order valence-electron chi connectivity index (χ4n) is 2.78. The smallest absolute Gasteiger partial charge is 0.306 e. The molecule has 1 amide bonds. The summed E-state index contributed by atoms with van der Waals surface area (Å²) in [7, 11) is 0. The predicted octanol–water partition coefficient (Wildman–Crippen LogP) is 1.20. The van der Waals surface area contributed by atoms with Crippen LogP contribution in [-0.2, 0) is 9.59 Å². The number of amides is 1. The lowest BCUT2D eigenvalue weighted by Gasteiger charge is -2.26. The Morgan fingerprint density at radius 2 is 1.95 bits per heavy atom. The molecule has 1 fully saturated rings. The average molecular weight is 291 g/mol. The zero-order chi connectivity index (χ0) is 14.8. The Morgan fingerprint density at radius 1 is 1.19 bits per heavy atom. The topological polar surface area (TPSA) is 84.9 Å². The fraction of sp³-hybridized carbons (Fsp3) is 0.467. The quantitative estimate of drug-likeness (QED) is 0.874. The molecule has 2 N–H and O–H groups in total. The number of hydrogen-bond acceptors (Lipinski definition) is 4. The van der Waals surface area contributed by atoms with Crippen molar-refractivity contribution in [3.63, 3.8) is 0 Å². The summed E-state index contributed by atoms with van der Waals surface area (Å²) in [5.74, 6) is -0.217. The molecular formula is C15H17NO5. The predicted molar refractivity (Wildman–Crippen MR) is 73.3 cm³/mol. The van der Waals surface area contributed by atoms with Gasteiger partial charge >= 0.3 is 5.97 Å². The van der Waals surface area contributed by atoms with Crippen molar-refractivity contribution in [2.75, 3.05) is 6.61 Å². The van der Waals surface area contributed by atoms with Crippen LogP contribution < -0.4 is 14.8 Å². The largest absolute Gasteiger partial charge is 0.485 e. The van der Waals surface area contributed by atoms with Gasteiger partial charge in [0.1, 0.15) is 6.61 Å². The summed E-state index contributed by atoms with van der Waals surface area (Å²) in [6.07, 6.45) is 1.08. The number of ether oxygens (including phenoxy) is 2. The van der Waals surface area contributed by atoms with Crippen molar-refractivity contribution in [1.82, 2.24) is 5.32 Å². The Bertz CT molecular complexity index is 559. The minimum atomic E-state index is -0.794. The highest BCUT2D eigenvalue weighted by Gasteiger charge is 2.33. The molecule has 3 atom stereocenters. The SMILES string of the molecule is O=C(N[C@H]1CC[C@@H](C(=O)O)C1)C1COc2ccccc2O1. The van der Waals surface area contributed by atoms with Crippen molar-refractivity contribution in [2.24, 2.45) is 5.92 Å². The van der Waals surface area contributed by atoms with Crippen LogP contribution in [0.2, 0.25) is 0 Å². The van der Waals surface area contributed by atoms with E-state index in [9.17, 15) is 9.59 Å². The zero-order valence-corrected chi connectivity index (χ0v) is 11.5. The van der Waals surface area contributed by atoms with Gasteiger partial charge in [0, 0.05) is 6.04 Å². The van der Waals surface area contributed by atoms with Crippen molar-refractivity contribution in [3.05, 3.63) is 24.3 Å². The molecule has 1 aliphatic heterocycles. The lowest BCUT2D eigenvalue weighted by molar-refractivity contribution is -0.141. The zero-order valence-electron chi connectivity index (χ0n) is 11.5. The van der Waals surface area contributed by atoms with Gasteiger partial charge in [-0.15, -0.1) is 0 Å². The molecule has 1 unspecified atom stereocenters. The summed E-state index contributed by atoms with van der Waals surface area (Å²) < 4.78 is 11.1. The van der Waals surface area contributed by atoms with Crippen molar-refractivity contribution >= 4 is 11.9 Å². The van der Waals surface area contributed by atoms with Crippen molar-refractivity contribution < 1.29 is 24.2 Å². The number of fused-ring (bicyclic) bond motifs is 1. The standard InChI is InChI=1S/C15H17NO5/c17-14(16-10-6-5-9(7-10)15(18)19)13-8-20-11-3-1-2-4-12(11)21-13/h1-4,9-10,13H,5-8H2,(H,16,17)(H,18,19)/t9-,10+,13?/m1/s1. The van der Waals surface area contributed by atoms with Gasteiger partial charge in [-0.05, 0) is 31.4 Å². The maximum atomic E-state index is 12.2. The summed E-state index contributed by atoms with van der Waals surface area (Å²) in [4.78, 5) is 23.1. The monoisotopic (exact) mass is 291 g/mol. The molecular weight excluding hydrogens is 274 g/mol. The molecule has 0 radical (unpaired) electrons. The molecule has 0 bridgehead atoms. The number of rotatable bonds is 3. The molecule has 0 aromatic heterocycles. The molecule has 3 rings (SSSR count). The van der Waals surface area contributed by atoms with Crippen molar-refractivity contribution in [2.45, 2.75) is 31.4 Å². The summed E-state index contributed by atoms with van der Waals surface area (Å²) in [5, 5.41) is 11.8. The summed E-state index contributed by atoms with van der Waals surface area (Å²) in [6.45, 7) is 0.165. The van der Waals surface area contributed by atoms with Crippen LogP contribution in [0.25, 0.3) is 0 Å². The minimum absolute atomic E-state index is 0.0978. The Balaban J connectivity index is 1.57. The normalized spacial score (nSPS) is 27.1. The second-order valence-electron chi connectivity index (χ2n) is 5.42. The summed E-state index contributed by atoms with van der Waals surface area (Å²) >= 11 is 0. The highest BCUT2D eigenvalue weighted by atomic mass is 16.6. The Labute approximate surface area is 122 Å². The Morgan fingerprint density at radius 3 is 2.67 bits per heavy atom. The molecule has 1 heterocycles. The van der Waals surface area contributed by atoms with E-state index in [0.717, 1.165) is 0 Å². The van der Waals surface area contributed by atoms with Crippen LogP contribution in [-0.4, -0.2) is 35.7 Å². The van der Waals surface area contributed by atoms with E-state index in [1.54, 1.807) is 12.1 Å². The van der Waals surface area contributed by atoms with E-state index in [0.29, 0.717) is 30.8 Å². The second kappa shape index (κ2) is 5.63. The number of benzene rings is 1. The average Bonchev–Trinajstić information content (AvgIpc) is 2.95. The number of para-hydroxylation sites is 2. The lowest BCUT2D eigenvalue weighted by atomic mass is 10.1. The van der Waals surface area contributed by atoms with E-state index >= 15 is 0 Å². The van der Waals surface area contributed by atoms with Crippen LogP contribution >= 0.6 is 0 Å². The van der Waals surface area contributed by atoms with Crippen LogP contribution in [0.3, 0.4) is 0 Å². The van der Waals surface area contributed by atoms with Gasteiger partial charge in [0.25, 0.3) is 5.91 Å². The van der Waals surface area contributed by atoms with Crippen LogP contribution in [0.15, 0.2) is 24.3 Å². The van der Waals surface area contributed by atoms with Crippen LogP contribution in [0.4, 0.5) is 0 Å². The van der Waals surface area contributed by atoms with E-state index < -0.39 is 12.1 Å². The number of aliphatic carboxylic acids is 1. The highest BCUT2D eigenvalue weighted by molar-refractivity contribution is 5.82. The van der Waals surface area contributed by atoms with Gasteiger partial charge in [0.15, 0.2) is 11.5 Å². The second-order valence-corrected chi connectivity index (χ2v) is 5.42. The number of carboxylic acids is 1. The van der Waals surface area contributed by atoms with Gasteiger partial charge in [-0.2, -0.15) is 0 Å². The van der Waals surface area contributed by atoms with E-state index in [4.69, 9.17) is 14.6 Å².